The number of carbonyl (C=O) groups is 4. The number of unbranched alkanes of at least 4 members (excludes halogenated alkanes) is 45. The Bertz CT molecular complexity index is 1860. The lowest BCUT2D eigenvalue weighted by molar-refractivity contribution is -0.161. The first-order valence-electron chi connectivity index (χ1n) is 40.0. The van der Waals surface area contributed by atoms with E-state index in [0.29, 0.717) is 25.7 Å². The van der Waals surface area contributed by atoms with Gasteiger partial charge in [0.25, 0.3) is 0 Å². The number of aliphatic hydroxyl groups excluding tert-OH is 1. The summed E-state index contributed by atoms with van der Waals surface area (Å²) in [6.45, 7) is 9.65. The molecular formula is C77H150O17P2. The van der Waals surface area contributed by atoms with Crippen LogP contribution in [-0.2, 0) is 65.4 Å². The van der Waals surface area contributed by atoms with E-state index in [-0.39, 0.29) is 25.7 Å². The molecule has 0 aliphatic rings. The molecule has 3 unspecified atom stereocenters. The summed E-state index contributed by atoms with van der Waals surface area (Å²) in [5.74, 6) is -0.485. The van der Waals surface area contributed by atoms with Crippen LogP contribution < -0.4 is 0 Å². The standard InChI is InChI=1S/C77H150O17P2/c1-7-10-12-14-16-18-19-29-37-43-49-55-61-76(81)93-72(65-87-74(79)59-53-47-41-33-17-15-13-11-8-2)67-91-95(83,84)89-63-71(78)64-90-96(85,86)92-68-73(66-88-75(80)60-54-48-42-36-32-31-35-40-46-52-58-70(6)9-3)94-77(82)62-56-50-44-38-30-27-25-23-21-20-22-24-26-28-34-39-45-51-57-69(4)5/h69-73,78H,7-68H2,1-6H3,(H,83,84)(H,85,86)/t70?,71-,72+,73+/m0/s1. The SMILES string of the molecule is CCCCCCCCCCCCCCC(=O)O[C@H](COC(=O)CCCCCCCCCCC)COP(=O)(O)OC[C@H](O)COP(=O)(O)OC[C@@H](COC(=O)CCCCCCCCCCCCC(C)CC)OC(=O)CCCCCCCCCCCCCCCCCCCCC(C)C. The minimum atomic E-state index is -4.96. The van der Waals surface area contributed by atoms with Gasteiger partial charge in [-0.05, 0) is 37.5 Å². The van der Waals surface area contributed by atoms with Crippen LogP contribution >= 0.6 is 15.6 Å². The molecule has 96 heavy (non-hydrogen) atoms. The molecule has 570 valence electrons. The Morgan fingerprint density at radius 1 is 0.302 bits per heavy atom. The molecule has 3 N–H and O–H groups in total. The van der Waals surface area contributed by atoms with Gasteiger partial charge in [-0.1, -0.05) is 350 Å². The van der Waals surface area contributed by atoms with Gasteiger partial charge in [0.2, 0.25) is 0 Å². The molecule has 0 spiro atoms. The second-order valence-electron chi connectivity index (χ2n) is 28.5. The van der Waals surface area contributed by atoms with Gasteiger partial charge in [-0.3, -0.25) is 37.3 Å². The lowest BCUT2D eigenvalue weighted by atomic mass is 9.99. The van der Waals surface area contributed by atoms with E-state index in [1.165, 1.54) is 218 Å². The highest BCUT2D eigenvalue weighted by Gasteiger charge is 2.30. The lowest BCUT2D eigenvalue weighted by Crippen LogP contribution is -2.30. The van der Waals surface area contributed by atoms with Crippen molar-refractivity contribution < 1.29 is 80.2 Å². The Hall–Kier alpha value is -1.94. The van der Waals surface area contributed by atoms with Crippen molar-refractivity contribution in [3.05, 3.63) is 0 Å². The third-order valence-corrected chi connectivity index (χ3v) is 20.2. The molecule has 0 aromatic heterocycles. The number of aliphatic hydroxyl groups is 1. The maximum atomic E-state index is 13.1. The van der Waals surface area contributed by atoms with Gasteiger partial charge in [0.15, 0.2) is 12.2 Å². The lowest BCUT2D eigenvalue weighted by Gasteiger charge is -2.21. The number of carbonyl (C=O) groups excluding carboxylic acids is 4. The summed E-state index contributed by atoms with van der Waals surface area (Å²) >= 11 is 0. The predicted molar refractivity (Wildman–Crippen MR) is 391 cm³/mol. The second-order valence-corrected chi connectivity index (χ2v) is 31.4. The summed E-state index contributed by atoms with van der Waals surface area (Å²) < 4.78 is 68.5. The number of hydrogen-bond donors (Lipinski definition) is 3. The van der Waals surface area contributed by atoms with Crippen molar-refractivity contribution in [3.63, 3.8) is 0 Å². The van der Waals surface area contributed by atoms with Gasteiger partial charge in [0.1, 0.15) is 19.3 Å². The van der Waals surface area contributed by atoms with Crippen LogP contribution in [0.4, 0.5) is 0 Å². The molecule has 0 aliphatic carbocycles. The van der Waals surface area contributed by atoms with Crippen LogP contribution in [0.15, 0.2) is 0 Å². The number of hydrogen-bond acceptors (Lipinski definition) is 15. The molecule has 0 aromatic rings. The molecule has 0 saturated heterocycles. The zero-order chi connectivity index (χ0) is 70.7. The van der Waals surface area contributed by atoms with E-state index >= 15 is 0 Å². The van der Waals surface area contributed by atoms with E-state index in [1.54, 1.807) is 0 Å². The normalized spacial score (nSPS) is 14.3. The molecule has 17 nitrogen and oxygen atoms in total. The predicted octanol–water partition coefficient (Wildman–Crippen LogP) is 22.7. The Labute approximate surface area is 588 Å². The number of rotatable bonds is 76. The van der Waals surface area contributed by atoms with E-state index in [0.717, 1.165) is 102 Å². The third-order valence-electron chi connectivity index (χ3n) is 18.3. The smallest absolute Gasteiger partial charge is 0.462 e. The molecule has 0 saturated carbocycles. The van der Waals surface area contributed by atoms with E-state index in [1.807, 2.05) is 0 Å². The minimum Gasteiger partial charge on any atom is -0.462 e. The summed E-state index contributed by atoms with van der Waals surface area (Å²) in [6, 6.07) is 0. The Morgan fingerprint density at radius 2 is 0.531 bits per heavy atom. The molecule has 0 bridgehead atoms. The van der Waals surface area contributed by atoms with Crippen molar-refractivity contribution in [1.82, 2.24) is 0 Å². The monoisotopic (exact) mass is 1410 g/mol. The molecule has 0 rings (SSSR count). The van der Waals surface area contributed by atoms with Crippen molar-refractivity contribution in [2.24, 2.45) is 11.8 Å². The van der Waals surface area contributed by atoms with Crippen molar-refractivity contribution in [3.8, 4) is 0 Å². The second kappa shape index (κ2) is 68.8. The molecular weight excluding hydrogens is 1260 g/mol. The molecule has 0 aromatic carbocycles. The highest BCUT2D eigenvalue weighted by Crippen LogP contribution is 2.45. The van der Waals surface area contributed by atoms with Gasteiger partial charge in [-0.25, -0.2) is 9.13 Å². The Kier molecular flexibility index (Phi) is 67.4. The quantitative estimate of drug-likeness (QED) is 0.0222. The van der Waals surface area contributed by atoms with E-state index in [2.05, 4.69) is 41.5 Å². The average molecular weight is 1410 g/mol. The number of ether oxygens (including phenoxy) is 4. The summed E-state index contributed by atoms with van der Waals surface area (Å²) in [4.78, 5) is 72.8. The van der Waals surface area contributed by atoms with Crippen LogP contribution in [0, 0.1) is 11.8 Å². The number of esters is 4. The molecule has 0 amide bonds. The minimum absolute atomic E-state index is 0.107. The third kappa shape index (κ3) is 69.2. The molecule has 6 atom stereocenters. The van der Waals surface area contributed by atoms with Crippen molar-refractivity contribution in [1.29, 1.82) is 0 Å². The van der Waals surface area contributed by atoms with Crippen LogP contribution in [0.3, 0.4) is 0 Å². The first-order valence-corrected chi connectivity index (χ1v) is 43.0. The summed E-state index contributed by atoms with van der Waals surface area (Å²) in [7, 11) is -9.91. The van der Waals surface area contributed by atoms with Crippen molar-refractivity contribution in [2.45, 2.75) is 419 Å². The van der Waals surface area contributed by atoms with Gasteiger partial charge in [-0.2, -0.15) is 0 Å². The first-order chi connectivity index (χ1) is 46.4. The molecule has 0 aliphatic heterocycles. The molecule has 0 fully saturated rings. The first kappa shape index (κ1) is 94.1. The fraction of sp³-hybridized carbons (Fsp3) is 0.948. The maximum absolute atomic E-state index is 13.1. The van der Waals surface area contributed by atoms with Crippen LogP contribution in [0.5, 0.6) is 0 Å². The van der Waals surface area contributed by atoms with Crippen LogP contribution in [0.2, 0.25) is 0 Å². The van der Waals surface area contributed by atoms with Crippen molar-refractivity contribution >= 4 is 39.5 Å². The van der Waals surface area contributed by atoms with Crippen LogP contribution in [0.1, 0.15) is 401 Å². The maximum Gasteiger partial charge on any atom is 0.472 e. The van der Waals surface area contributed by atoms with Crippen LogP contribution in [-0.4, -0.2) is 96.7 Å². The van der Waals surface area contributed by atoms with Crippen LogP contribution in [0.25, 0.3) is 0 Å². The number of phosphoric ester groups is 2. The topological polar surface area (TPSA) is 237 Å². The highest BCUT2D eigenvalue weighted by molar-refractivity contribution is 7.47. The zero-order valence-electron chi connectivity index (χ0n) is 62.7. The van der Waals surface area contributed by atoms with Gasteiger partial charge in [0, 0.05) is 25.7 Å². The van der Waals surface area contributed by atoms with E-state index < -0.39 is 97.5 Å². The Morgan fingerprint density at radius 3 is 0.792 bits per heavy atom. The van der Waals surface area contributed by atoms with Crippen molar-refractivity contribution in [2.75, 3.05) is 39.6 Å². The highest BCUT2D eigenvalue weighted by atomic mass is 31.2. The van der Waals surface area contributed by atoms with Gasteiger partial charge in [0.05, 0.1) is 26.4 Å². The van der Waals surface area contributed by atoms with Gasteiger partial charge in [-0.15, -0.1) is 0 Å². The van der Waals surface area contributed by atoms with E-state index in [4.69, 9.17) is 37.0 Å². The molecule has 0 heterocycles. The summed E-state index contributed by atoms with van der Waals surface area (Å²) in [6.07, 6.45) is 56.8. The number of phosphoric acid groups is 2. The fourth-order valence-corrected chi connectivity index (χ4v) is 13.4. The van der Waals surface area contributed by atoms with Gasteiger partial charge >= 0.3 is 39.5 Å². The van der Waals surface area contributed by atoms with Gasteiger partial charge < -0.3 is 33.8 Å². The summed E-state index contributed by atoms with van der Waals surface area (Å²) in [5, 5.41) is 10.6. The largest absolute Gasteiger partial charge is 0.472 e. The zero-order valence-corrected chi connectivity index (χ0v) is 64.5. The molecule has 19 heteroatoms. The van der Waals surface area contributed by atoms with E-state index in [9.17, 15) is 43.2 Å². The fourth-order valence-electron chi connectivity index (χ4n) is 11.8. The summed E-state index contributed by atoms with van der Waals surface area (Å²) in [5.41, 5.74) is 0. The average Bonchev–Trinajstić information content (AvgIpc) is 1.67. The molecule has 0 radical (unpaired) electrons. The Balaban J connectivity index is 5.20.